The maximum absolute atomic E-state index is 6.48. The molecule has 0 amide bonds. The van der Waals surface area contributed by atoms with Crippen molar-refractivity contribution in [2.75, 3.05) is 9.80 Å². The van der Waals surface area contributed by atoms with Gasteiger partial charge in [-0.25, -0.2) is 15.0 Å². The van der Waals surface area contributed by atoms with Gasteiger partial charge < -0.3 is 23.1 Å². The number of fused-ring (bicyclic) bond motifs is 3. The lowest BCUT2D eigenvalue weighted by Crippen LogP contribution is -2.09. The summed E-state index contributed by atoms with van der Waals surface area (Å²) in [7, 11) is 0. The highest BCUT2D eigenvalue weighted by atomic mass is 16.4. The average Bonchev–Trinajstić information content (AvgIpc) is 4.05. The molecule has 11 rings (SSSR count). The molecule has 59 heavy (non-hydrogen) atoms. The molecule has 8 nitrogen and oxygen atoms in total. The van der Waals surface area contributed by atoms with E-state index in [4.69, 9.17) is 18.2 Å². The van der Waals surface area contributed by atoms with Crippen LogP contribution in [0, 0.1) is 0 Å². The normalized spacial score (nSPS) is 11.4. The summed E-state index contributed by atoms with van der Waals surface area (Å²) in [6.07, 6.45) is 0. The van der Waals surface area contributed by atoms with Gasteiger partial charge in [0.2, 0.25) is 17.7 Å². The van der Waals surface area contributed by atoms with E-state index in [9.17, 15) is 0 Å². The number of oxazole rings is 3. The van der Waals surface area contributed by atoms with Crippen LogP contribution in [-0.4, -0.2) is 15.0 Å². The van der Waals surface area contributed by atoms with E-state index < -0.39 is 0 Å². The van der Waals surface area contributed by atoms with E-state index in [1.807, 2.05) is 121 Å². The molecule has 0 radical (unpaired) electrons. The molecule has 0 atom stereocenters. The standard InChI is InChI=1S/C51H33N5O3/c1-3-11-37(12-4-1)55(39-25-19-34(20-26-39)49-52-43-15-7-9-17-46(43)57-49)40-27-21-36(22-28-40)51-54-45-32-31-42(33-48(45)59-51)56(38-13-5-2-6-14-38)41-29-23-35(24-30-41)50-53-44-16-8-10-18-47(44)58-50/h1-33H. The van der Waals surface area contributed by atoms with Crippen molar-refractivity contribution < 1.29 is 13.3 Å². The first kappa shape index (κ1) is 34.1. The Morgan fingerprint density at radius 2 is 0.593 bits per heavy atom. The molecule has 0 aliphatic heterocycles. The SMILES string of the molecule is c1ccc(N(c2ccc(-c3nc4ccccc4o3)cc2)c2ccc(-c3nc4ccc(N(c5ccccc5)c5ccc(-c6nc7ccccc7o6)cc5)cc4o3)cc2)cc1. The number of rotatable bonds is 9. The first-order chi connectivity index (χ1) is 29.2. The maximum atomic E-state index is 6.48. The Labute approximate surface area is 338 Å². The summed E-state index contributed by atoms with van der Waals surface area (Å²) in [6, 6.07) is 67.2. The van der Waals surface area contributed by atoms with Gasteiger partial charge in [-0.3, -0.25) is 0 Å². The molecule has 0 spiro atoms. The van der Waals surface area contributed by atoms with Gasteiger partial charge >= 0.3 is 0 Å². The number of nitrogens with zero attached hydrogens (tertiary/aromatic N) is 5. The van der Waals surface area contributed by atoms with Crippen molar-refractivity contribution >= 4 is 67.4 Å². The molecule has 0 bridgehead atoms. The highest BCUT2D eigenvalue weighted by Gasteiger charge is 2.18. The Balaban J connectivity index is 0.892. The van der Waals surface area contributed by atoms with Gasteiger partial charge in [0.05, 0.1) is 0 Å². The first-order valence-electron chi connectivity index (χ1n) is 19.3. The summed E-state index contributed by atoms with van der Waals surface area (Å²) in [5, 5.41) is 0. The molecule has 3 heterocycles. The number of anilines is 6. The van der Waals surface area contributed by atoms with Gasteiger partial charge in [-0.2, -0.15) is 0 Å². The predicted octanol–water partition coefficient (Wildman–Crippen LogP) is 14.1. The van der Waals surface area contributed by atoms with E-state index in [-0.39, 0.29) is 0 Å². The van der Waals surface area contributed by atoms with Crippen molar-refractivity contribution in [2.45, 2.75) is 0 Å². The van der Waals surface area contributed by atoms with Crippen molar-refractivity contribution in [3.05, 3.63) is 200 Å². The van der Waals surface area contributed by atoms with Crippen LogP contribution in [0.15, 0.2) is 213 Å². The summed E-state index contributed by atoms with van der Waals surface area (Å²) < 4.78 is 18.6. The number of para-hydroxylation sites is 6. The van der Waals surface area contributed by atoms with Gasteiger partial charge in [0.15, 0.2) is 16.7 Å². The summed E-state index contributed by atoms with van der Waals surface area (Å²) in [4.78, 5) is 18.7. The Bertz CT molecular complexity index is 3140. The van der Waals surface area contributed by atoms with Crippen LogP contribution in [0.4, 0.5) is 34.1 Å². The summed E-state index contributed by atoms with van der Waals surface area (Å²) in [6.45, 7) is 0. The third-order valence-corrected chi connectivity index (χ3v) is 10.4. The number of benzene rings is 8. The summed E-state index contributed by atoms with van der Waals surface area (Å²) in [5.74, 6) is 1.73. The quantitative estimate of drug-likeness (QED) is 0.144. The summed E-state index contributed by atoms with van der Waals surface area (Å²) >= 11 is 0. The van der Waals surface area contributed by atoms with E-state index >= 15 is 0 Å². The molecule has 0 saturated heterocycles. The molecule has 280 valence electrons. The Morgan fingerprint density at radius 3 is 1.02 bits per heavy atom. The minimum absolute atomic E-state index is 0.548. The van der Waals surface area contributed by atoms with Gasteiger partial charge in [-0.15, -0.1) is 0 Å². The monoisotopic (exact) mass is 763 g/mol. The van der Waals surface area contributed by atoms with Crippen LogP contribution in [0.1, 0.15) is 0 Å². The molecule has 8 aromatic carbocycles. The molecule has 8 heteroatoms. The van der Waals surface area contributed by atoms with Gasteiger partial charge in [0, 0.05) is 56.9 Å². The van der Waals surface area contributed by atoms with Crippen LogP contribution in [-0.2, 0) is 0 Å². The third kappa shape index (κ3) is 6.44. The van der Waals surface area contributed by atoms with E-state index in [0.29, 0.717) is 23.3 Å². The second-order valence-corrected chi connectivity index (χ2v) is 14.1. The third-order valence-electron chi connectivity index (χ3n) is 10.4. The fourth-order valence-corrected chi connectivity index (χ4v) is 7.48. The molecule has 0 fully saturated rings. The zero-order chi connectivity index (χ0) is 39.1. The lowest BCUT2D eigenvalue weighted by Gasteiger charge is -2.25. The molecular formula is C51H33N5O3. The molecule has 0 N–H and O–H groups in total. The molecule has 0 aliphatic rings. The van der Waals surface area contributed by atoms with Crippen LogP contribution in [0.25, 0.3) is 67.7 Å². The second kappa shape index (κ2) is 14.4. The molecule has 0 saturated carbocycles. The zero-order valence-electron chi connectivity index (χ0n) is 31.5. The van der Waals surface area contributed by atoms with Crippen molar-refractivity contribution in [2.24, 2.45) is 0 Å². The first-order valence-corrected chi connectivity index (χ1v) is 19.3. The Morgan fingerprint density at radius 1 is 0.271 bits per heavy atom. The van der Waals surface area contributed by atoms with Crippen LogP contribution >= 0.6 is 0 Å². The van der Waals surface area contributed by atoms with Gasteiger partial charge in [0.1, 0.15) is 16.6 Å². The second-order valence-electron chi connectivity index (χ2n) is 14.1. The molecular weight excluding hydrogens is 731 g/mol. The molecule has 11 aromatic rings. The Kier molecular flexibility index (Phi) is 8.29. The lowest BCUT2D eigenvalue weighted by atomic mass is 10.1. The lowest BCUT2D eigenvalue weighted by molar-refractivity contribution is 0.619. The summed E-state index contributed by atoms with van der Waals surface area (Å²) in [5.41, 5.74) is 13.3. The van der Waals surface area contributed by atoms with Crippen LogP contribution in [0.3, 0.4) is 0 Å². The topological polar surface area (TPSA) is 84.6 Å². The fraction of sp³-hybridized carbons (Fsp3) is 0. The fourth-order valence-electron chi connectivity index (χ4n) is 7.48. The van der Waals surface area contributed by atoms with Gasteiger partial charge in [-0.1, -0.05) is 60.7 Å². The Hall–Kier alpha value is -8.23. The van der Waals surface area contributed by atoms with Crippen LogP contribution < -0.4 is 9.80 Å². The maximum Gasteiger partial charge on any atom is 0.227 e. The average molecular weight is 764 g/mol. The van der Waals surface area contributed by atoms with Crippen LogP contribution in [0.5, 0.6) is 0 Å². The highest BCUT2D eigenvalue weighted by molar-refractivity contribution is 5.87. The van der Waals surface area contributed by atoms with E-state index in [2.05, 4.69) is 98.6 Å². The highest BCUT2D eigenvalue weighted by Crippen LogP contribution is 2.40. The number of aromatic nitrogens is 3. The number of hydrogen-bond acceptors (Lipinski definition) is 8. The molecule has 0 aliphatic carbocycles. The van der Waals surface area contributed by atoms with Crippen molar-refractivity contribution in [3.8, 4) is 34.4 Å². The van der Waals surface area contributed by atoms with E-state index in [0.717, 1.165) is 78.5 Å². The van der Waals surface area contributed by atoms with Gasteiger partial charge in [-0.05, 0) is 133 Å². The van der Waals surface area contributed by atoms with Crippen molar-refractivity contribution in [1.29, 1.82) is 0 Å². The number of hydrogen-bond donors (Lipinski definition) is 0. The van der Waals surface area contributed by atoms with Crippen molar-refractivity contribution in [1.82, 2.24) is 15.0 Å². The van der Waals surface area contributed by atoms with Gasteiger partial charge in [0.25, 0.3) is 0 Å². The minimum atomic E-state index is 0.548. The van der Waals surface area contributed by atoms with E-state index in [1.54, 1.807) is 0 Å². The van der Waals surface area contributed by atoms with E-state index in [1.165, 1.54) is 0 Å². The largest absolute Gasteiger partial charge is 0.436 e. The zero-order valence-corrected chi connectivity index (χ0v) is 31.5. The van der Waals surface area contributed by atoms with Crippen molar-refractivity contribution in [3.63, 3.8) is 0 Å². The smallest absolute Gasteiger partial charge is 0.227 e. The molecule has 3 aromatic heterocycles. The molecule has 0 unspecified atom stereocenters. The predicted molar refractivity (Wildman–Crippen MR) is 235 cm³/mol. The van der Waals surface area contributed by atoms with Crippen LogP contribution in [0.2, 0.25) is 0 Å². The minimum Gasteiger partial charge on any atom is -0.436 e.